The lowest BCUT2D eigenvalue weighted by Crippen LogP contribution is -2.58. The number of para-hydroxylation sites is 1. The highest BCUT2D eigenvalue weighted by atomic mass is 35.5. The number of hydrogen-bond acceptors (Lipinski definition) is 2. The third-order valence-electron chi connectivity index (χ3n) is 4.40. The smallest absolute Gasteiger partial charge is 0.242 e. The monoisotopic (exact) mass is 292 g/mol. The van der Waals surface area contributed by atoms with Crippen molar-refractivity contribution in [2.45, 2.75) is 25.3 Å². The third kappa shape index (κ3) is 1.90. The van der Waals surface area contributed by atoms with Gasteiger partial charge in [-0.15, -0.1) is 11.6 Å². The molecule has 1 aromatic carbocycles. The number of amides is 2. The average molecular weight is 293 g/mol. The van der Waals surface area contributed by atoms with E-state index in [1.165, 1.54) is 0 Å². The number of halogens is 1. The van der Waals surface area contributed by atoms with Crippen molar-refractivity contribution in [2.75, 3.05) is 17.3 Å². The minimum atomic E-state index is -0.189. The van der Waals surface area contributed by atoms with Crippen LogP contribution < -0.4 is 10.2 Å². The van der Waals surface area contributed by atoms with E-state index in [2.05, 4.69) is 12.2 Å². The van der Waals surface area contributed by atoms with E-state index in [9.17, 15) is 9.59 Å². The summed E-state index contributed by atoms with van der Waals surface area (Å²) in [5.74, 6) is -0.235. The fourth-order valence-corrected chi connectivity index (χ4v) is 3.64. The van der Waals surface area contributed by atoms with E-state index in [1.807, 2.05) is 24.3 Å². The minimum absolute atomic E-state index is 0.0376. The van der Waals surface area contributed by atoms with Crippen LogP contribution in [0.3, 0.4) is 0 Å². The molecule has 4 nitrogen and oxygen atoms in total. The summed E-state index contributed by atoms with van der Waals surface area (Å²) in [6.07, 6.45) is 0.776. The summed E-state index contributed by atoms with van der Waals surface area (Å²) in [4.78, 5) is 26.2. The summed E-state index contributed by atoms with van der Waals surface area (Å²) in [7, 11) is 0. The zero-order valence-corrected chi connectivity index (χ0v) is 12.1. The van der Waals surface area contributed by atoms with Crippen LogP contribution in [-0.2, 0) is 9.59 Å². The summed E-state index contributed by atoms with van der Waals surface area (Å²) in [6, 6.07) is 7.72. The van der Waals surface area contributed by atoms with Crippen molar-refractivity contribution < 1.29 is 9.59 Å². The van der Waals surface area contributed by atoms with Crippen LogP contribution in [0.2, 0.25) is 0 Å². The molecular formula is C15H17ClN2O2. The Balaban J connectivity index is 2.14. The summed E-state index contributed by atoms with van der Waals surface area (Å²) in [5, 5.41) is 2.91. The lowest BCUT2D eigenvalue weighted by Gasteiger charge is -2.46. The Bertz CT molecular complexity index is 561. The maximum atomic E-state index is 12.3. The second kappa shape index (κ2) is 5.09. The molecule has 2 amide bonds. The van der Waals surface area contributed by atoms with Crippen molar-refractivity contribution in [2.24, 2.45) is 5.92 Å². The van der Waals surface area contributed by atoms with E-state index in [-0.39, 0.29) is 35.6 Å². The molecule has 0 spiro atoms. The molecule has 2 aliphatic heterocycles. The molecule has 0 radical (unpaired) electrons. The lowest BCUT2D eigenvalue weighted by atomic mass is 9.74. The van der Waals surface area contributed by atoms with Crippen LogP contribution in [0.15, 0.2) is 24.3 Å². The van der Waals surface area contributed by atoms with Crippen molar-refractivity contribution in [3.05, 3.63) is 29.8 Å². The fraction of sp³-hybridized carbons (Fsp3) is 0.467. The summed E-state index contributed by atoms with van der Waals surface area (Å²) in [6.45, 7) is 2.67. The standard InChI is InChI=1S/C15H17ClN2O2/c1-9-10-4-2-3-5-11(10)18(13(19)8-16)12-6-7-17-15(20)14(9)12/h2-5,9,12,14H,6-8H2,1H3,(H,17,20). The molecule has 1 aromatic rings. The highest BCUT2D eigenvalue weighted by molar-refractivity contribution is 6.29. The first-order chi connectivity index (χ1) is 9.65. The van der Waals surface area contributed by atoms with Crippen molar-refractivity contribution in [1.29, 1.82) is 0 Å². The molecule has 2 heterocycles. The molecule has 1 N–H and O–H groups in total. The Morgan fingerprint density at radius 3 is 2.95 bits per heavy atom. The Morgan fingerprint density at radius 1 is 1.45 bits per heavy atom. The molecule has 20 heavy (non-hydrogen) atoms. The van der Waals surface area contributed by atoms with E-state index in [0.717, 1.165) is 17.7 Å². The first kappa shape index (κ1) is 13.4. The van der Waals surface area contributed by atoms with Gasteiger partial charge < -0.3 is 10.2 Å². The molecule has 3 atom stereocenters. The molecule has 3 unspecified atom stereocenters. The van der Waals surface area contributed by atoms with E-state index in [4.69, 9.17) is 11.6 Å². The number of piperidine rings is 1. The Hall–Kier alpha value is -1.55. The quantitative estimate of drug-likeness (QED) is 0.804. The van der Waals surface area contributed by atoms with E-state index < -0.39 is 0 Å². The number of carbonyl (C=O) groups is 2. The molecule has 5 heteroatoms. The van der Waals surface area contributed by atoms with Gasteiger partial charge >= 0.3 is 0 Å². The number of hydrogen-bond donors (Lipinski definition) is 1. The maximum absolute atomic E-state index is 12.3. The van der Waals surface area contributed by atoms with Gasteiger partial charge in [0.1, 0.15) is 5.88 Å². The molecule has 0 aliphatic carbocycles. The molecule has 0 bridgehead atoms. The number of alkyl halides is 1. The largest absolute Gasteiger partial charge is 0.356 e. The van der Waals surface area contributed by atoms with Crippen molar-refractivity contribution in [1.82, 2.24) is 5.32 Å². The van der Waals surface area contributed by atoms with Crippen LogP contribution >= 0.6 is 11.6 Å². The molecule has 0 aromatic heterocycles. The Kier molecular flexibility index (Phi) is 3.42. The number of rotatable bonds is 1. The normalized spacial score (nSPS) is 28.4. The van der Waals surface area contributed by atoms with E-state index in [0.29, 0.717) is 6.54 Å². The number of carbonyl (C=O) groups excluding carboxylic acids is 2. The van der Waals surface area contributed by atoms with Gasteiger partial charge in [-0.1, -0.05) is 25.1 Å². The van der Waals surface area contributed by atoms with Gasteiger partial charge in [0.05, 0.1) is 12.0 Å². The number of nitrogens with one attached hydrogen (secondary N) is 1. The summed E-state index contributed by atoms with van der Waals surface area (Å²) < 4.78 is 0. The van der Waals surface area contributed by atoms with Gasteiger partial charge in [0, 0.05) is 12.2 Å². The minimum Gasteiger partial charge on any atom is -0.356 e. The molecule has 0 saturated carbocycles. The first-order valence-corrected chi connectivity index (χ1v) is 7.43. The van der Waals surface area contributed by atoms with Gasteiger partial charge in [-0.05, 0) is 24.0 Å². The van der Waals surface area contributed by atoms with Gasteiger partial charge in [-0.2, -0.15) is 0 Å². The molecule has 3 rings (SSSR count). The third-order valence-corrected chi connectivity index (χ3v) is 4.63. The molecule has 1 saturated heterocycles. The van der Waals surface area contributed by atoms with E-state index >= 15 is 0 Å². The SMILES string of the molecule is CC1c2ccccc2N(C(=O)CCl)C2CCNC(=O)C12. The lowest BCUT2D eigenvalue weighted by molar-refractivity contribution is -0.128. The predicted octanol–water partition coefficient (Wildman–Crippen LogP) is 1.88. The highest BCUT2D eigenvalue weighted by Crippen LogP contribution is 2.44. The number of benzene rings is 1. The number of nitrogens with zero attached hydrogens (tertiary/aromatic N) is 1. The highest BCUT2D eigenvalue weighted by Gasteiger charge is 2.46. The summed E-state index contributed by atoms with van der Waals surface area (Å²) >= 11 is 5.76. The van der Waals surface area contributed by atoms with Crippen LogP contribution in [0, 0.1) is 5.92 Å². The predicted molar refractivity (Wildman–Crippen MR) is 78.0 cm³/mol. The second-order valence-electron chi connectivity index (χ2n) is 5.42. The summed E-state index contributed by atoms with van der Waals surface area (Å²) in [5.41, 5.74) is 1.95. The second-order valence-corrected chi connectivity index (χ2v) is 5.68. The van der Waals surface area contributed by atoms with Crippen LogP contribution in [0.5, 0.6) is 0 Å². The fourth-order valence-electron chi connectivity index (χ4n) is 3.51. The molecule has 2 aliphatic rings. The van der Waals surface area contributed by atoms with E-state index in [1.54, 1.807) is 4.90 Å². The molecular weight excluding hydrogens is 276 g/mol. The average Bonchev–Trinajstić information content (AvgIpc) is 2.47. The van der Waals surface area contributed by atoms with Gasteiger partial charge in [0.25, 0.3) is 0 Å². The molecule has 1 fully saturated rings. The zero-order valence-electron chi connectivity index (χ0n) is 11.3. The van der Waals surface area contributed by atoms with Gasteiger partial charge in [0.2, 0.25) is 11.8 Å². The van der Waals surface area contributed by atoms with Crippen molar-refractivity contribution in [3.8, 4) is 0 Å². The number of fused-ring (bicyclic) bond motifs is 2. The van der Waals surface area contributed by atoms with Gasteiger partial charge in [0.15, 0.2) is 0 Å². The maximum Gasteiger partial charge on any atom is 0.242 e. The van der Waals surface area contributed by atoms with Gasteiger partial charge in [-0.25, -0.2) is 0 Å². The first-order valence-electron chi connectivity index (χ1n) is 6.89. The Labute approximate surface area is 123 Å². The zero-order chi connectivity index (χ0) is 14.3. The van der Waals surface area contributed by atoms with Crippen molar-refractivity contribution >= 4 is 29.1 Å². The number of anilines is 1. The van der Waals surface area contributed by atoms with Crippen LogP contribution in [0.4, 0.5) is 5.69 Å². The molecule has 106 valence electrons. The van der Waals surface area contributed by atoms with Crippen LogP contribution in [-0.4, -0.2) is 30.3 Å². The topological polar surface area (TPSA) is 49.4 Å². The van der Waals surface area contributed by atoms with Crippen molar-refractivity contribution in [3.63, 3.8) is 0 Å². The van der Waals surface area contributed by atoms with Gasteiger partial charge in [-0.3, -0.25) is 9.59 Å². The van der Waals surface area contributed by atoms with Crippen LogP contribution in [0.25, 0.3) is 0 Å². The Morgan fingerprint density at radius 2 is 2.20 bits per heavy atom. The van der Waals surface area contributed by atoms with Crippen LogP contribution in [0.1, 0.15) is 24.8 Å².